The van der Waals surface area contributed by atoms with E-state index in [1.807, 2.05) is 30.3 Å². The number of H-pyrrole nitrogens is 1. The molecule has 0 aliphatic carbocycles. The number of fused-ring (bicyclic) bond motifs is 3. The van der Waals surface area contributed by atoms with Crippen LogP contribution in [0, 0.1) is 0 Å². The van der Waals surface area contributed by atoms with Crippen molar-refractivity contribution >= 4 is 32.8 Å². The first-order chi connectivity index (χ1) is 12.1. The Balaban J connectivity index is 1.91. The zero-order valence-corrected chi connectivity index (χ0v) is 15.1. The molecule has 0 radical (unpaired) electrons. The van der Waals surface area contributed by atoms with Crippen molar-refractivity contribution in [3.63, 3.8) is 0 Å². The molecule has 0 saturated heterocycles. The van der Waals surface area contributed by atoms with E-state index in [-0.39, 0.29) is 17.8 Å². The van der Waals surface area contributed by atoms with Crippen LogP contribution < -0.4 is 5.32 Å². The predicted molar refractivity (Wildman–Crippen MR) is 98.6 cm³/mol. The molecule has 0 bridgehead atoms. The zero-order chi connectivity index (χ0) is 17.6. The van der Waals surface area contributed by atoms with Crippen molar-refractivity contribution in [2.75, 3.05) is 7.11 Å². The fourth-order valence-corrected chi connectivity index (χ4v) is 3.91. The quantitative estimate of drug-likeness (QED) is 0.576. The SMILES string of the molecule is COC(=O)[C@@H]1Cc2c([nH]c3ccccc23)[C@@H](c2cc(Br)ccc2O)N1. The van der Waals surface area contributed by atoms with Gasteiger partial charge < -0.3 is 14.8 Å². The lowest BCUT2D eigenvalue weighted by Crippen LogP contribution is -2.45. The van der Waals surface area contributed by atoms with Gasteiger partial charge in [-0.25, -0.2) is 0 Å². The number of benzene rings is 2. The summed E-state index contributed by atoms with van der Waals surface area (Å²) in [5, 5.41) is 14.8. The number of hydrogen-bond acceptors (Lipinski definition) is 4. The molecule has 4 rings (SSSR count). The highest BCUT2D eigenvalue weighted by molar-refractivity contribution is 9.10. The summed E-state index contributed by atoms with van der Waals surface area (Å²) in [7, 11) is 1.39. The van der Waals surface area contributed by atoms with Crippen molar-refractivity contribution in [3.05, 3.63) is 63.8 Å². The van der Waals surface area contributed by atoms with Crippen molar-refractivity contribution in [2.45, 2.75) is 18.5 Å². The van der Waals surface area contributed by atoms with Crippen molar-refractivity contribution in [1.82, 2.24) is 10.3 Å². The topological polar surface area (TPSA) is 74.4 Å². The Bertz CT molecular complexity index is 966. The molecule has 25 heavy (non-hydrogen) atoms. The van der Waals surface area contributed by atoms with E-state index in [2.05, 4.69) is 26.2 Å². The molecule has 128 valence electrons. The van der Waals surface area contributed by atoms with Crippen LogP contribution >= 0.6 is 15.9 Å². The van der Waals surface area contributed by atoms with Crippen LogP contribution in [0.3, 0.4) is 0 Å². The van der Waals surface area contributed by atoms with Crippen molar-refractivity contribution in [2.24, 2.45) is 0 Å². The minimum atomic E-state index is -0.472. The van der Waals surface area contributed by atoms with Crippen LogP contribution in [0.2, 0.25) is 0 Å². The van der Waals surface area contributed by atoms with Gasteiger partial charge in [-0.3, -0.25) is 10.1 Å². The van der Waals surface area contributed by atoms with Gasteiger partial charge >= 0.3 is 5.97 Å². The lowest BCUT2D eigenvalue weighted by Gasteiger charge is -2.30. The number of halogens is 1. The molecule has 0 saturated carbocycles. The number of aromatic hydroxyl groups is 1. The van der Waals surface area contributed by atoms with Crippen LogP contribution in [0.15, 0.2) is 46.9 Å². The van der Waals surface area contributed by atoms with Gasteiger partial charge in [-0.1, -0.05) is 34.1 Å². The first-order valence-corrected chi connectivity index (χ1v) is 8.79. The molecule has 2 atom stereocenters. The molecule has 2 aromatic carbocycles. The van der Waals surface area contributed by atoms with E-state index in [0.29, 0.717) is 12.0 Å². The summed E-state index contributed by atoms with van der Waals surface area (Å²) in [6.07, 6.45) is 0.539. The number of hydrogen-bond donors (Lipinski definition) is 3. The van der Waals surface area contributed by atoms with Crippen LogP contribution in [0.25, 0.3) is 10.9 Å². The third-order valence-electron chi connectivity index (χ3n) is 4.70. The summed E-state index contributed by atoms with van der Waals surface area (Å²) in [6.45, 7) is 0. The van der Waals surface area contributed by atoms with Gasteiger partial charge in [0.05, 0.1) is 13.2 Å². The van der Waals surface area contributed by atoms with E-state index in [1.165, 1.54) is 7.11 Å². The average molecular weight is 401 g/mol. The van der Waals surface area contributed by atoms with Gasteiger partial charge in [0, 0.05) is 33.1 Å². The molecular weight excluding hydrogens is 384 g/mol. The number of para-hydroxylation sites is 1. The third-order valence-corrected chi connectivity index (χ3v) is 5.19. The molecule has 1 aliphatic rings. The highest BCUT2D eigenvalue weighted by Gasteiger charge is 2.35. The van der Waals surface area contributed by atoms with Gasteiger partial charge in [-0.05, 0) is 29.8 Å². The predicted octanol–water partition coefficient (Wildman–Crippen LogP) is 3.41. The van der Waals surface area contributed by atoms with Gasteiger partial charge in [0.2, 0.25) is 0 Å². The Kier molecular flexibility index (Phi) is 4.01. The van der Waals surface area contributed by atoms with E-state index in [1.54, 1.807) is 12.1 Å². The maximum Gasteiger partial charge on any atom is 0.323 e. The van der Waals surface area contributed by atoms with Gasteiger partial charge in [0.1, 0.15) is 11.8 Å². The Hall–Kier alpha value is -2.31. The first-order valence-electron chi connectivity index (χ1n) is 8.00. The largest absolute Gasteiger partial charge is 0.508 e. The molecular formula is C19H17BrN2O3. The number of aromatic nitrogens is 1. The van der Waals surface area contributed by atoms with Gasteiger partial charge in [0.15, 0.2) is 0 Å². The highest BCUT2D eigenvalue weighted by atomic mass is 79.9. The summed E-state index contributed by atoms with van der Waals surface area (Å²) in [4.78, 5) is 15.6. The molecule has 0 unspecified atom stereocenters. The summed E-state index contributed by atoms with van der Waals surface area (Å²) >= 11 is 3.45. The standard InChI is InChI=1S/C19H17BrN2O3/c1-25-19(24)15-9-12-11-4-2-3-5-14(11)21-17(12)18(22-15)13-8-10(20)6-7-16(13)23/h2-8,15,18,21-23H,9H2,1H3/t15-,18+/m0/s1. The average Bonchev–Trinajstić information content (AvgIpc) is 3.01. The van der Waals surface area contributed by atoms with Gasteiger partial charge in [-0.15, -0.1) is 0 Å². The van der Waals surface area contributed by atoms with Crippen LogP contribution in [0.4, 0.5) is 0 Å². The van der Waals surface area contributed by atoms with E-state index >= 15 is 0 Å². The van der Waals surface area contributed by atoms with Crippen LogP contribution in [0.5, 0.6) is 5.75 Å². The molecule has 1 aromatic heterocycles. The maximum absolute atomic E-state index is 12.2. The number of phenols is 1. The fourth-order valence-electron chi connectivity index (χ4n) is 3.53. The molecule has 0 amide bonds. The van der Waals surface area contributed by atoms with E-state index in [9.17, 15) is 9.90 Å². The monoisotopic (exact) mass is 400 g/mol. The van der Waals surface area contributed by atoms with E-state index < -0.39 is 6.04 Å². The number of esters is 1. The Labute approximate surface area is 153 Å². The van der Waals surface area contributed by atoms with Crippen LogP contribution in [-0.4, -0.2) is 29.2 Å². The second-order valence-electron chi connectivity index (χ2n) is 6.15. The summed E-state index contributed by atoms with van der Waals surface area (Å²) in [5.41, 5.74) is 3.76. The first kappa shape index (κ1) is 16.2. The van der Waals surface area contributed by atoms with Crippen LogP contribution in [-0.2, 0) is 16.0 Å². The summed E-state index contributed by atoms with van der Waals surface area (Å²) in [6, 6.07) is 12.5. The number of rotatable bonds is 2. The molecule has 0 fully saturated rings. The van der Waals surface area contributed by atoms with Crippen molar-refractivity contribution < 1.29 is 14.6 Å². The maximum atomic E-state index is 12.2. The number of phenolic OH excluding ortho intramolecular Hbond substituents is 1. The van der Waals surface area contributed by atoms with Crippen LogP contribution in [0.1, 0.15) is 22.9 Å². The van der Waals surface area contributed by atoms with Crippen molar-refractivity contribution in [3.8, 4) is 5.75 Å². The molecule has 0 spiro atoms. The Morgan fingerprint density at radius 3 is 2.88 bits per heavy atom. The fraction of sp³-hybridized carbons (Fsp3) is 0.211. The molecule has 1 aliphatic heterocycles. The molecule has 5 nitrogen and oxygen atoms in total. The second kappa shape index (κ2) is 6.20. The molecule has 2 heterocycles. The number of ether oxygens (including phenoxy) is 1. The zero-order valence-electron chi connectivity index (χ0n) is 13.5. The lowest BCUT2D eigenvalue weighted by molar-refractivity contribution is -0.143. The number of aromatic amines is 1. The summed E-state index contributed by atoms with van der Waals surface area (Å²) in [5.74, 6) is -0.133. The molecule has 6 heteroatoms. The molecule has 3 N–H and O–H groups in total. The van der Waals surface area contributed by atoms with Crippen molar-refractivity contribution in [1.29, 1.82) is 0 Å². The number of carbonyl (C=O) groups is 1. The second-order valence-corrected chi connectivity index (χ2v) is 7.06. The number of carbonyl (C=O) groups excluding carboxylic acids is 1. The smallest absolute Gasteiger partial charge is 0.323 e. The van der Waals surface area contributed by atoms with E-state index in [0.717, 1.165) is 26.6 Å². The minimum absolute atomic E-state index is 0.177. The number of nitrogens with one attached hydrogen (secondary N) is 2. The lowest BCUT2D eigenvalue weighted by atomic mass is 9.90. The van der Waals surface area contributed by atoms with E-state index in [4.69, 9.17) is 4.74 Å². The van der Waals surface area contributed by atoms with Gasteiger partial charge in [0.25, 0.3) is 0 Å². The Morgan fingerprint density at radius 2 is 2.08 bits per heavy atom. The molecule has 3 aromatic rings. The Morgan fingerprint density at radius 1 is 1.28 bits per heavy atom. The third kappa shape index (κ3) is 2.71. The normalized spacial score (nSPS) is 19.6. The summed E-state index contributed by atoms with van der Waals surface area (Å²) < 4.78 is 5.81. The number of methoxy groups -OCH3 is 1. The minimum Gasteiger partial charge on any atom is -0.508 e. The highest BCUT2D eigenvalue weighted by Crippen LogP contribution is 2.39. The van der Waals surface area contributed by atoms with Gasteiger partial charge in [-0.2, -0.15) is 0 Å².